The number of amides is 1. The van der Waals surface area contributed by atoms with Gasteiger partial charge in [-0.05, 0) is 37.4 Å². The molecule has 4 rings (SSSR count). The summed E-state index contributed by atoms with van der Waals surface area (Å²) < 4.78 is 42.8. The number of fused-ring (bicyclic) bond motifs is 3. The molecule has 2 aromatic rings. The highest BCUT2D eigenvalue weighted by molar-refractivity contribution is 5.95. The van der Waals surface area contributed by atoms with Crippen LogP contribution in [0.3, 0.4) is 0 Å². The zero-order valence-corrected chi connectivity index (χ0v) is 12.8. The Balaban J connectivity index is 1.52. The molecule has 2 fully saturated rings. The molecule has 128 valence electrons. The molecule has 0 aliphatic carbocycles. The minimum absolute atomic E-state index is 0.0145. The van der Waals surface area contributed by atoms with Crippen LogP contribution in [-0.2, 0) is 6.18 Å². The predicted molar refractivity (Wildman–Crippen MR) is 79.4 cm³/mol. The van der Waals surface area contributed by atoms with E-state index in [2.05, 4.69) is 15.2 Å². The van der Waals surface area contributed by atoms with E-state index in [1.807, 2.05) is 0 Å². The molecule has 2 bridgehead atoms. The first-order valence-electron chi connectivity index (χ1n) is 7.88. The number of rotatable bonds is 2. The van der Waals surface area contributed by atoms with Crippen molar-refractivity contribution < 1.29 is 22.4 Å². The molecule has 2 saturated heterocycles. The summed E-state index contributed by atoms with van der Waals surface area (Å²) in [4.78, 5) is 18.6. The second kappa shape index (κ2) is 5.47. The second-order valence-electron chi connectivity index (χ2n) is 6.54. The van der Waals surface area contributed by atoms with E-state index in [1.54, 1.807) is 0 Å². The summed E-state index contributed by atoms with van der Waals surface area (Å²) in [5, 5.41) is 3.16. The number of piperidine rings is 1. The van der Waals surface area contributed by atoms with Crippen molar-refractivity contribution >= 4 is 16.9 Å². The third kappa shape index (κ3) is 2.86. The van der Waals surface area contributed by atoms with Crippen LogP contribution in [0, 0.1) is 5.92 Å². The van der Waals surface area contributed by atoms with Gasteiger partial charge < -0.3 is 14.6 Å². The summed E-state index contributed by atoms with van der Waals surface area (Å²) in [6, 6.07) is 2.29. The number of nitrogens with zero attached hydrogens (tertiary/aromatic N) is 2. The minimum atomic E-state index is -4.56. The second-order valence-corrected chi connectivity index (χ2v) is 6.54. The van der Waals surface area contributed by atoms with E-state index in [-0.39, 0.29) is 28.6 Å². The lowest BCUT2D eigenvalue weighted by atomic mass is 9.97. The Bertz CT molecular complexity index is 774. The van der Waals surface area contributed by atoms with Crippen LogP contribution in [0.1, 0.15) is 29.1 Å². The first-order chi connectivity index (χ1) is 11.4. The fourth-order valence-corrected chi connectivity index (χ4v) is 3.63. The molecule has 1 N–H and O–H groups in total. The van der Waals surface area contributed by atoms with Crippen molar-refractivity contribution in [1.29, 1.82) is 0 Å². The fraction of sp³-hybridized carbons (Fsp3) is 0.500. The number of nitrogens with one attached hydrogen (secondary N) is 1. The number of aromatic nitrogens is 1. The maximum absolute atomic E-state index is 12.7. The van der Waals surface area contributed by atoms with Crippen LogP contribution in [0.25, 0.3) is 11.0 Å². The van der Waals surface area contributed by atoms with Gasteiger partial charge in [0.15, 0.2) is 5.58 Å². The van der Waals surface area contributed by atoms with E-state index in [0.717, 1.165) is 44.7 Å². The van der Waals surface area contributed by atoms with Crippen LogP contribution < -0.4 is 5.32 Å². The Morgan fingerprint density at radius 2 is 2.17 bits per heavy atom. The number of hydrogen-bond acceptors (Lipinski definition) is 4. The van der Waals surface area contributed by atoms with E-state index in [0.29, 0.717) is 5.92 Å². The molecule has 5 nitrogen and oxygen atoms in total. The van der Waals surface area contributed by atoms with Crippen LogP contribution >= 0.6 is 0 Å². The Hall–Kier alpha value is -2.09. The number of carbonyl (C=O) groups is 1. The molecule has 0 aromatic carbocycles. The van der Waals surface area contributed by atoms with E-state index in [9.17, 15) is 18.0 Å². The van der Waals surface area contributed by atoms with Crippen LogP contribution in [0.5, 0.6) is 0 Å². The molecule has 2 aliphatic heterocycles. The normalized spacial score (nSPS) is 26.7. The number of halogens is 3. The van der Waals surface area contributed by atoms with Gasteiger partial charge in [-0.25, -0.2) is 4.98 Å². The predicted octanol–water partition coefficient (Wildman–Crippen LogP) is 2.67. The first kappa shape index (κ1) is 15.4. The summed E-state index contributed by atoms with van der Waals surface area (Å²) in [7, 11) is 0. The van der Waals surface area contributed by atoms with Crippen LogP contribution in [-0.4, -0.2) is 41.5 Å². The minimum Gasteiger partial charge on any atom is -0.450 e. The summed E-state index contributed by atoms with van der Waals surface area (Å²) in [6.07, 6.45) is -1.30. The third-order valence-electron chi connectivity index (χ3n) is 4.72. The smallest absolute Gasteiger partial charge is 0.449 e. The largest absolute Gasteiger partial charge is 0.450 e. The average Bonchev–Trinajstić information content (AvgIpc) is 3.09. The number of hydrogen-bond donors (Lipinski definition) is 1. The van der Waals surface area contributed by atoms with Crippen molar-refractivity contribution in [3.05, 3.63) is 29.8 Å². The van der Waals surface area contributed by atoms with E-state index >= 15 is 0 Å². The molecule has 0 spiro atoms. The molecule has 8 heteroatoms. The summed E-state index contributed by atoms with van der Waals surface area (Å²) in [6.45, 7) is 2.97. The lowest BCUT2D eigenvalue weighted by Gasteiger charge is -2.30. The maximum Gasteiger partial charge on any atom is 0.449 e. The van der Waals surface area contributed by atoms with E-state index in [4.69, 9.17) is 4.42 Å². The molecule has 0 saturated carbocycles. The van der Waals surface area contributed by atoms with Gasteiger partial charge in [0.2, 0.25) is 5.76 Å². The fourth-order valence-electron chi connectivity index (χ4n) is 3.63. The molecule has 24 heavy (non-hydrogen) atoms. The Kier molecular flexibility index (Phi) is 3.52. The van der Waals surface area contributed by atoms with Gasteiger partial charge in [0.05, 0.1) is 6.20 Å². The van der Waals surface area contributed by atoms with E-state index in [1.165, 1.54) is 6.07 Å². The molecule has 3 atom stereocenters. The summed E-state index contributed by atoms with van der Waals surface area (Å²) >= 11 is 0. The van der Waals surface area contributed by atoms with Gasteiger partial charge in [0.25, 0.3) is 5.91 Å². The van der Waals surface area contributed by atoms with Crippen molar-refractivity contribution in [2.75, 3.05) is 19.6 Å². The highest BCUT2D eigenvalue weighted by Gasteiger charge is 2.36. The maximum atomic E-state index is 12.7. The SMILES string of the molecule is O=C(NC1CC2CCN(C2)C1)c1cc2cc(C(F)(F)F)oc2cn1. The summed E-state index contributed by atoms with van der Waals surface area (Å²) in [5.41, 5.74) is 0.116. The molecule has 2 aliphatic rings. The number of alkyl halides is 3. The molecule has 1 amide bonds. The van der Waals surface area contributed by atoms with E-state index < -0.39 is 11.9 Å². The van der Waals surface area contributed by atoms with Crippen molar-refractivity contribution in [1.82, 2.24) is 15.2 Å². The topological polar surface area (TPSA) is 58.4 Å². The zero-order valence-electron chi connectivity index (χ0n) is 12.8. The monoisotopic (exact) mass is 339 g/mol. The van der Waals surface area contributed by atoms with Crippen molar-refractivity contribution in [3.8, 4) is 0 Å². The molecule has 4 heterocycles. The summed E-state index contributed by atoms with van der Waals surface area (Å²) in [5.74, 6) is -0.838. The van der Waals surface area contributed by atoms with Gasteiger partial charge >= 0.3 is 6.18 Å². The highest BCUT2D eigenvalue weighted by Crippen LogP contribution is 2.33. The van der Waals surface area contributed by atoms with Gasteiger partial charge in [-0.2, -0.15) is 13.2 Å². The van der Waals surface area contributed by atoms with Crippen molar-refractivity contribution in [3.63, 3.8) is 0 Å². The van der Waals surface area contributed by atoms with Crippen LogP contribution in [0.15, 0.2) is 22.7 Å². The number of pyridine rings is 1. The molecule has 3 unspecified atom stereocenters. The Morgan fingerprint density at radius 3 is 2.92 bits per heavy atom. The van der Waals surface area contributed by atoms with Crippen LogP contribution in [0.4, 0.5) is 13.2 Å². The Morgan fingerprint density at radius 1 is 1.33 bits per heavy atom. The molecule has 0 radical (unpaired) electrons. The van der Waals surface area contributed by atoms with Crippen molar-refractivity contribution in [2.45, 2.75) is 25.1 Å². The number of furan rings is 1. The molecular formula is C16H16F3N3O2. The van der Waals surface area contributed by atoms with Gasteiger partial charge in [-0.15, -0.1) is 0 Å². The van der Waals surface area contributed by atoms with Crippen LogP contribution in [0.2, 0.25) is 0 Å². The van der Waals surface area contributed by atoms with Gasteiger partial charge in [-0.3, -0.25) is 4.79 Å². The lowest BCUT2D eigenvalue weighted by molar-refractivity contribution is -0.152. The number of carbonyl (C=O) groups excluding carboxylic acids is 1. The van der Waals surface area contributed by atoms with Gasteiger partial charge in [0.1, 0.15) is 5.69 Å². The third-order valence-corrected chi connectivity index (χ3v) is 4.72. The first-order valence-corrected chi connectivity index (χ1v) is 7.88. The molecular weight excluding hydrogens is 323 g/mol. The molecule has 2 aromatic heterocycles. The zero-order chi connectivity index (χ0) is 16.9. The standard InChI is InChI=1S/C16H16F3N3O2/c17-16(18,19)14-5-10-4-12(20-6-13(10)24-14)15(23)21-11-3-9-1-2-22(7-9)8-11/h4-6,9,11H,1-3,7-8H2,(H,21,23). The Labute approximate surface area is 135 Å². The lowest BCUT2D eigenvalue weighted by Crippen LogP contribution is -2.47. The average molecular weight is 339 g/mol. The van der Waals surface area contributed by atoms with Crippen molar-refractivity contribution in [2.24, 2.45) is 5.92 Å². The quantitative estimate of drug-likeness (QED) is 0.914. The van der Waals surface area contributed by atoms with Gasteiger partial charge in [0, 0.05) is 24.5 Å². The van der Waals surface area contributed by atoms with Gasteiger partial charge in [-0.1, -0.05) is 0 Å². The highest BCUT2D eigenvalue weighted by atomic mass is 19.4.